The maximum Gasteiger partial charge on any atom is 0.338 e. The lowest BCUT2D eigenvalue weighted by molar-refractivity contribution is -0.130. The van der Waals surface area contributed by atoms with E-state index in [0.29, 0.717) is 46.5 Å². The fraction of sp³-hybridized carbons (Fsp3) is 0.219. The first-order chi connectivity index (χ1) is 20.8. The number of urea groups is 1. The number of esters is 1. The molecule has 3 aromatic carbocycles. The van der Waals surface area contributed by atoms with Crippen molar-refractivity contribution in [2.45, 2.75) is 19.9 Å². The highest BCUT2D eigenvalue weighted by molar-refractivity contribution is 6.45. The van der Waals surface area contributed by atoms with Crippen molar-refractivity contribution >= 4 is 51.9 Å². The van der Waals surface area contributed by atoms with Gasteiger partial charge in [-0.15, -0.1) is 0 Å². The van der Waals surface area contributed by atoms with Gasteiger partial charge in [0.1, 0.15) is 0 Å². The van der Waals surface area contributed by atoms with Crippen LogP contribution in [-0.2, 0) is 9.53 Å². The van der Waals surface area contributed by atoms with Crippen LogP contribution < -0.4 is 10.6 Å². The summed E-state index contributed by atoms with van der Waals surface area (Å²) >= 11 is 0. The van der Waals surface area contributed by atoms with Crippen molar-refractivity contribution in [1.29, 1.82) is 0 Å². The number of anilines is 2. The fourth-order valence-corrected chi connectivity index (χ4v) is 5.12. The van der Waals surface area contributed by atoms with Crippen molar-refractivity contribution in [3.05, 3.63) is 95.7 Å². The zero-order valence-corrected chi connectivity index (χ0v) is 23.8. The van der Waals surface area contributed by atoms with E-state index in [1.54, 1.807) is 72.5 Å². The second kappa shape index (κ2) is 12.6. The predicted octanol–water partition coefficient (Wildman–Crippen LogP) is 4.54. The van der Waals surface area contributed by atoms with Gasteiger partial charge in [-0.1, -0.05) is 36.4 Å². The molecule has 1 fully saturated rings. The van der Waals surface area contributed by atoms with Crippen LogP contribution in [0.25, 0.3) is 10.9 Å². The highest BCUT2D eigenvalue weighted by Crippen LogP contribution is 2.27. The molecule has 0 aliphatic carbocycles. The van der Waals surface area contributed by atoms with Gasteiger partial charge < -0.3 is 30.2 Å². The molecular weight excluding hydrogens is 550 g/mol. The molecule has 1 saturated heterocycles. The van der Waals surface area contributed by atoms with Crippen molar-refractivity contribution in [3.63, 3.8) is 0 Å². The van der Waals surface area contributed by atoms with Crippen LogP contribution in [0.1, 0.15) is 44.9 Å². The lowest BCUT2D eigenvalue weighted by atomic mass is 10.1. The minimum Gasteiger partial charge on any atom is -0.462 e. The first-order valence-electron chi connectivity index (χ1n) is 13.9. The molecule has 3 N–H and O–H groups in total. The van der Waals surface area contributed by atoms with Crippen molar-refractivity contribution < 1.29 is 28.7 Å². The normalized spacial score (nSPS) is 14.7. The van der Waals surface area contributed by atoms with Crippen molar-refractivity contribution in [2.75, 3.05) is 36.9 Å². The van der Waals surface area contributed by atoms with E-state index < -0.39 is 23.7 Å². The first-order valence-corrected chi connectivity index (χ1v) is 13.9. The van der Waals surface area contributed by atoms with E-state index in [9.17, 15) is 24.0 Å². The third-order valence-electron chi connectivity index (χ3n) is 7.23. The van der Waals surface area contributed by atoms with E-state index in [0.717, 1.165) is 0 Å². The molecule has 220 valence electrons. The average molecular weight is 582 g/mol. The van der Waals surface area contributed by atoms with E-state index >= 15 is 0 Å². The van der Waals surface area contributed by atoms with Gasteiger partial charge in [0.2, 0.25) is 0 Å². The molecule has 0 spiro atoms. The molecule has 43 heavy (non-hydrogen) atoms. The Hall–Kier alpha value is -5.45. The summed E-state index contributed by atoms with van der Waals surface area (Å²) in [7, 11) is 0. The molecule has 4 aromatic rings. The number of benzene rings is 3. The van der Waals surface area contributed by atoms with Crippen LogP contribution in [0.15, 0.2) is 79.0 Å². The summed E-state index contributed by atoms with van der Waals surface area (Å²) in [5, 5.41) is 5.91. The molecule has 0 unspecified atom stereocenters. The van der Waals surface area contributed by atoms with Crippen LogP contribution in [0, 0.1) is 0 Å². The van der Waals surface area contributed by atoms with E-state index in [1.165, 1.54) is 17.2 Å². The zero-order chi connectivity index (χ0) is 30.5. The largest absolute Gasteiger partial charge is 0.462 e. The number of aromatic amines is 1. The Balaban J connectivity index is 1.26. The Labute approximate surface area is 247 Å². The minimum atomic E-state index is -0.682. The number of para-hydroxylation sites is 1. The Morgan fingerprint density at radius 2 is 1.65 bits per heavy atom. The maximum atomic E-state index is 13.4. The smallest absolute Gasteiger partial charge is 0.338 e. The third kappa shape index (κ3) is 6.25. The molecule has 0 radical (unpaired) electrons. The summed E-state index contributed by atoms with van der Waals surface area (Å²) in [5.41, 5.74) is 2.32. The lowest BCUT2D eigenvalue weighted by Crippen LogP contribution is -2.56. The highest BCUT2D eigenvalue weighted by atomic mass is 16.5. The molecule has 4 amide bonds. The van der Waals surface area contributed by atoms with Crippen LogP contribution >= 0.6 is 0 Å². The second-order valence-corrected chi connectivity index (χ2v) is 10.1. The fourth-order valence-electron chi connectivity index (χ4n) is 5.12. The summed E-state index contributed by atoms with van der Waals surface area (Å²) in [6, 6.07) is 19.4. The quantitative estimate of drug-likeness (QED) is 0.166. The maximum absolute atomic E-state index is 13.4. The molecule has 1 aliphatic heterocycles. The summed E-state index contributed by atoms with van der Waals surface area (Å²) in [6.07, 6.45) is 1.46. The van der Waals surface area contributed by atoms with Crippen LogP contribution in [-0.4, -0.2) is 76.7 Å². The summed E-state index contributed by atoms with van der Waals surface area (Å²) in [6.45, 7) is 4.62. The van der Waals surface area contributed by atoms with Crippen LogP contribution in [0.4, 0.5) is 16.2 Å². The average Bonchev–Trinajstić information content (AvgIpc) is 3.46. The molecular formula is C32H31N5O6. The van der Waals surface area contributed by atoms with Gasteiger partial charge in [0.25, 0.3) is 17.6 Å². The molecule has 1 aliphatic rings. The van der Waals surface area contributed by atoms with Crippen molar-refractivity contribution in [1.82, 2.24) is 14.8 Å². The molecule has 0 bridgehead atoms. The molecule has 1 aromatic heterocycles. The Kier molecular flexibility index (Phi) is 8.51. The first kappa shape index (κ1) is 29.1. The van der Waals surface area contributed by atoms with Gasteiger partial charge in [-0.05, 0) is 50.2 Å². The van der Waals surface area contributed by atoms with E-state index in [1.807, 2.05) is 13.0 Å². The number of amides is 4. The number of Topliss-reactive ketones (excluding diaryl/α,β-unsaturated/α-hetero) is 1. The predicted molar refractivity (Wildman–Crippen MR) is 161 cm³/mol. The SMILES string of the molecule is CCOC(=O)c1cccc(NC(=O)Nc2cccc3c(C(=O)C(=O)N4CCN(C(=O)c5ccccc5)C[C@H]4C)c[nH]c23)c1. The summed E-state index contributed by atoms with van der Waals surface area (Å²) in [5.74, 6) is -1.94. The minimum absolute atomic E-state index is 0.113. The van der Waals surface area contributed by atoms with Gasteiger partial charge in [-0.2, -0.15) is 0 Å². The Morgan fingerprint density at radius 1 is 0.907 bits per heavy atom. The molecule has 1 atom stereocenters. The number of hydrogen-bond acceptors (Lipinski definition) is 6. The number of hydrogen-bond donors (Lipinski definition) is 3. The number of rotatable bonds is 7. The van der Waals surface area contributed by atoms with E-state index in [2.05, 4.69) is 15.6 Å². The monoisotopic (exact) mass is 581 g/mol. The van der Waals surface area contributed by atoms with Gasteiger partial charge in [0.05, 0.1) is 28.9 Å². The number of nitrogens with one attached hydrogen (secondary N) is 3. The van der Waals surface area contributed by atoms with Gasteiger partial charge in [-0.3, -0.25) is 14.4 Å². The number of aromatic nitrogens is 1. The molecule has 5 rings (SSSR count). The third-order valence-corrected chi connectivity index (χ3v) is 7.23. The van der Waals surface area contributed by atoms with Crippen molar-refractivity contribution in [3.8, 4) is 0 Å². The van der Waals surface area contributed by atoms with Crippen LogP contribution in [0.3, 0.4) is 0 Å². The standard InChI is InChI=1S/C32H31N5O6/c1-3-43-31(41)22-11-7-12-23(17-22)34-32(42)35-26-14-8-13-24-25(18-33-27(24)26)28(38)30(40)37-16-15-36(19-20(37)2)29(39)21-9-5-4-6-10-21/h4-14,17-18,20,33H,3,15-16,19H2,1-2H3,(H2,34,35,42)/t20-/m1/s1. The van der Waals surface area contributed by atoms with Gasteiger partial charge >= 0.3 is 12.0 Å². The number of ketones is 1. The highest BCUT2D eigenvalue weighted by Gasteiger charge is 2.34. The number of piperazine rings is 1. The number of nitrogens with zero attached hydrogens (tertiary/aromatic N) is 2. The van der Waals surface area contributed by atoms with Gasteiger partial charge in [0, 0.05) is 48.5 Å². The van der Waals surface area contributed by atoms with Crippen LogP contribution in [0.2, 0.25) is 0 Å². The number of carbonyl (C=O) groups is 5. The van der Waals surface area contributed by atoms with Crippen LogP contribution in [0.5, 0.6) is 0 Å². The lowest BCUT2D eigenvalue weighted by Gasteiger charge is -2.39. The summed E-state index contributed by atoms with van der Waals surface area (Å²) in [4.78, 5) is 70.6. The molecule has 0 saturated carbocycles. The van der Waals surface area contributed by atoms with Crippen molar-refractivity contribution in [2.24, 2.45) is 0 Å². The number of H-pyrrole nitrogens is 1. The topological polar surface area (TPSA) is 141 Å². The number of carbonyl (C=O) groups excluding carboxylic acids is 5. The molecule has 11 heteroatoms. The second-order valence-electron chi connectivity index (χ2n) is 10.1. The number of ether oxygens (including phenoxy) is 1. The Morgan fingerprint density at radius 3 is 2.40 bits per heavy atom. The van der Waals surface area contributed by atoms with Gasteiger partial charge in [0.15, 0.2) is 0 Å². The van der Waals surface area contributed by atoms with Gasteiger partial charge in [-0.25, -0.2) is 9.59 Å². The molecule has 2 heterocycles. The summed E-state index contributed by atoms with van der Waals surface area (Å²) < 4.78 is 5.00. The number of fused-ring (bicyclic) bond motifs is 1. The Bertz CT molecular complexity index is 1700. The zero-order valence-electron chi connectivity index (χ0n) is 23.8. The van der Waals surface area contributed by atoms with E-state index in [4.69, 9.17) is 4.74 Å². The van der Waals surface area contributed by atoms with E-state index in [-0.39, 0.29) is 30.7 Å². The molecule has 11 nitrogen and oxygen atoms in total.